The van der Waals surface area contributed by atoms with Gasteiger partial charge in [0, 0.05) is 12.1 Å². The van der Waals surface area contributed by atoms with Crippen molar-refractivity contribution in [2.75, 3.05) is 5.32 Å². The number of aromatic nitrogens is 1. The minimum Gasteiger partial charge on any atom is -0.487 e. The van der Waals surface area contributed by atoms with Gasteiger partial charge in [0.1, 0.15) is 18.1 Å². The molecular weight excluding hydrogens is 409 g/mol. The maximum Gasteiger partial charge on any atom is 0.278 e. The van der Waals surface area contributed by atoms with Crippen molar-refractivity contribution in [3.8, 4) is 5.75 Å². The molecular formula is C18H13Cl2N3O5. The van der Waals surface area contributed by atoms with E-state index in [9.17, 15) is 14.9 Å². The standard InChI is InChI=1S/C18H13Cl2N3O5/c1-10-12(9-27-16-5-3-2-4-14(16)20)17(22-28-10)18(24)21-15-8-11(23(25)26)6-7-13(15)19/h2-8H,9H2,1H3,(H,21,24). The molecule has 8 nitrogen and oxygen atoms in total. The average Bonchev–Trinajstić information content (AvgIpc) is 3.03. The zero-order chi connectivity index (χ0) is 20.3. The lowest BCUT2D eigenvalue weighted by molar-refractivity contribution is -0.384. The molecule has 3 aromatic rings. The van der Waals surface area contributed by atoms with Crippen LogP contribution in [0.4, 0.5) is 11.4 Å². The van der Waals surface area contributed by atoms with Gasteiger partial charge in [-0.2, -0.15) is 0 Å². The minimum atomic E-state index is -0.642. The van der Waals surface area contributed by atoms with E-state index in [1.807, 2.05) is 0 Å². The van der Waals surface area contributed by atoms with E-state index in [4.69, 9.17) is 32.5 Å². The van der Waals surface area contributed by atoms with E-state index in [-0.39, 0.29) is 28.7 Å². The van der Waals surface area contributed by atoms with E-state index in [1.165, 1.54) is 12.1 Å². The summed E-state index contributed by atoms with van der Waals surface area (Å²) >= 11 is 12.1. The zero-order valence-corrected chi connectivity index (χ0v) is 16.0. The van der Waals surface area contributed by atoms with Crippen LogP contribution in [0.1, 0.15) is 21.8 Å². The lowest BCUT2D eigenvalue weighted by Gasteiger charge is -2.09. The predicted molar refractivity (Wildman–Crippen MR) is 103 cm³/mol. The quantitative estimate of drug-likeness (QED) is 0.441. The summed E-state index contributed by atoms with van der Waals surface area (Å²) in [5.41, 5.74) is 0.268. The van der Waals surface area contributed by atoms with E-state index in [0.29, 0.717) is 22.1 Å². The third-order valence-electron chi connectivity index (χ3n) is 3.82. The fraction of sp³-hybridized carbons (Fsp3) is 0.111. The molecule has 10 heteroatoms. The summed E-state index contributed by atoms with van der Waals surface area (Å²) in [6, 6.07) is 10.6. The molecule has 0 aliphatic rings. The van der Waals surface area contributed by atoms with Crippen LogP contribution in [0.3, 0.4) is 0 Å². The number of aryl methyl sites for hydroxylation is 1. The number of non-ortho nitro benzene ring substituents is 1. The minimum absolute atomic E-state index is 0.00943. The van der Waals surface area contributed by atoms with Gasteiger partial charge in [-0.05, 0) is 25.1 Å². The Kier molecular flexibility index (Phi) is 5.81. The number of nitrogens with one attached hydrogen (secondary N) is 1. The Hall–Kier alpha value is -3.10. The van der Waals surface area contributed by atoms with Crippen LogP contribution in [0.15, 0.2) is 47.0 Å². The van der Waals surface area contributed by atoms with Gasteiger partial charge in [0.25, 0.3) is 11.6 Å². The highest BCUT2D eigenvalue weighted by molar-refractivity contribution is 6.34. The molecule has 0 fully saturated rings. The molecule has 3 rings (SSSR count). The third-order valence-corrected chi connectivity index (χ3v) is 4.46. The first kappa shape index (κ1) is 19.7. The van der Waals surface area contributed by atoms with Crippen LogP contribution in [0.2, 0.25) is 10.0 Å². The highest BCUT2D eigenvalue weighted by Crippen LogP contribution is 2.28. The molecule has 2 aromatic carbocycles. The van der Waals surface area contributed by atoms with E-state index in [0.717, 1.165) is 6.07 Å². The first-order valence-electron chi connectivity index (χ1n) is 7.94. The molecule has 0 unspecified atom stereocenters. The van der Waals surface area contributed by atoms with Crippen molar-refractivity contribution in [2.24, 2.45) is 0 Å². The molecule has 0 spiro atoms. The summed E-state index contributed by atoms with van der Waals surface area (Å²) < 4.78 is 10.8. The first-order valence-corrected chi connectivity index (χ1v) is 8.70. The summed E-state index contributed by atoms with van der Waals surface area (Å²) in [7, 11) is 0. The normalized spacial score (nSPS) is 10.5. The second-order valence-corrected chi connectivity index (χ2v) is 6.47. The van der Waals surface area contributed by atoms with Crippen LogP contribution in [0.5, 0.6) is 5.75 Å². The summed E-state index contributed by atoms with van der Waals surface area (Å²) in [4.78, 5) is 22.9. The molecule has 0 saturated carbocycles. The van der Waals surface area contributed by atoms with Gasteiger partial charge in [0.15, 0.2) is 5.69 Å². The van der Waals surface area contributed by atoms with Crippen LogP contribution < -0.4 is 10.1 Å². The largest absolute Gasteiger partial charge is 0.487 e. The molecule has 144 valence electrons. The third kappa shape index (κ3) is 4.24. The number of halogens is 2. The summed E-state index contributed by atoms with van der Waals surface area (Å²) in [6.07, 6.45) is 0. The second-order valence-electron chi connectivity index (χ2n) is 5.66. The number of amides is 1. The van der Waals surface area contributed by atoms with E-state index in [2.05, 4.69) is 10.5 Å². The average molecular weight is 422 g/mol. The maximum atomic E-state index is 12.6. The number of carbonyl (C=O) groups excluding carboxylic acids is 1. The number of nitro benzene ring substituents is 1. The van der Waals surface area contributed by atoms with Crippen molar-refractivity contribution in [1.82, 2.24) is 5.16 Å². The molecule has 1 aromatic heterocycles. The molecule has 1 amide bonds. The number of para-hydroxylation sites is 1. The molecule has 1 N–H and O–H groups in total. The van der Waals surface area contributed by atoms with Crippen LogP contribution in [-0.4, -0.2) is 16.0 Å². The van der Waals surface area contributed by atoms with Crippen LogP contribution >= 0.6 is 23.2 Å². The van der Waals surface area contributed by atoms with Gasteiger partial charge >= 0.3 is 0 Å². The summed E-state index contributed by atoms with van der Waals surface area (Å²) in [5, 5.41) is 17.8. The molecule has 28 heavy (non-hydrogen) atoms. The van der Waals surface area contributed by atoms with Gasteiger partial charge in [0.2, 0.25) is 0 Å². The summed E-state index contributed by atoms with van der Waals surface area (Å²) in [5.74, 6) is 0.192. The first-order chi connectivity index (χ1) is 13.4. The Morgan fingerprint density at radius 3 is 2.71 bits per heavy atom. The van der Waals surface area contributed by atoms with E-state index in [1.54, 1.807) is 31.2 Å². The monoisotopic (exact) mass is 421 g/mol. The number of hydrogen-bond acceptors (Lipinski definition) is 6. The Bertz CT molecular complexity index is 1050. The smallest absolute Gasteiger partial charge is 0.278 e. The van der Waals surface area contributed by atoms with Gasteiger partial charge in [0.05, 0.1) is 26.2 Å². The Labute approximate surface area is 169 Å². The number of nitro groups is 1. The fourth-order valence-electron chi connectivity index (χ4n) is 2.36. The van der Waals surface area contributed by atoms with E-state index >= 15 is 0 Å². The van der Waals surface area contributed by atoms with Crippen LogP contribution in [0, 0.1) is 17.0 Å². The van der Waals surface area contributed by atoms with Crippen molar-refractivity contribution < 1.29 is 19.0 Å². The molecule has 0 saturated heterocycles. The van der Waals surface area contributed by atoms with Gasteiger partial charge in [-0.3, -0.25) is 14.9 Å². The van der Waals surface area contributed by atoms with E-state index < -0.39 is 10.8 Å². The van der Waals surface area contributed by atoms with Gasteiger partial charge in [-0.15, -0.1) is 0 Å². The Morgan fingerprint density at radius 1 is 1.25 bits per heavy atom. The fourth-order valence-corrected chi connectivity index (χ4v) is 2.71. The van der Waals surface area contributed by atoms with Crippen LogP contribution in [-0.2, 0) is 6.61 Å². The highest BCUT2D eigenvalue weighted by atomic mass is 35.5. The lowest BCUT2D eigenvalue weighted by atomic mass is 10.2. The number of ether oxygens (including phenoxy) is 1. The number of anilines is 1. The topological polar surface area (TPSA) is 108 Å². The predicted octanol–water partition coefficient (Wildman–Crippen LogP) is 5.03. The SMILES string of the molecule is Cc1onc(C(=O)Nc2cc([N+](=O)[O-])ccc2Cl)c1COc1ccccc1Cl. The van der Waals surface area contributed by atoms with Gasteiger partial charge < -0.3 is 14.6 Å². The zero-order valence-electron chi connectivity index (χ0n) is 14.4. The number of hydrogen-bond donors (Lipinski definition) is 1. The molecule has 0 bridgehead atoms. The van der Waals surface area contributed by atoms with Crippen molar-refractivity contribution in [2.45, 2.75) is 13.5 Å². The second kappa shape index (κ2) is 8.28. The summed E-state index contributed by atoms with van der Waals surface area (Å²) in [6.45, 7) is 1.62. The molecule has 0 aliphatic heterocycles. The van der Waals surface area contributed by atoms with Crippen molar-refractivity contribution in [1.29, 1.82) is 0 Å². The number of benzene rings is 2. The molecule has 0 radical (unpaired) electrons. The molecule has 0 atom stereocenters. The van der Waals surface area contributed by atoms with Crippen LogP contribution in [0.25, 0.3) is 0 Å². The number of carbonyl (C=O) groups is 1. The van der Waals surface area contributed by atoms with Gasteiger partial charge in [-0.25, -0.2) is 0 Å². The number of rotatable bonds is 6. The van der Waals surface area contributed by atoms with Gasteiger partial charge in [-0.1, -0.05) is 40.5 Å². The molecule has 0 aliphatic carbocycles. The number of nitrogens with zero attached hydrogens (tertiary/aromatic N) is 2. The Morgan fingerprint density at radius 2 is 2.00 bits per heavy atom. The molecule has 1 heterocycles. The van der Waals surface area contributed by atoms with Crippen molar-refractivity contribution >= 4 is 40.5 Å². The maximum absolute atomic E-state index is 12.6. The highest BCUT2D eigenvalue weighted by Gasteiger charge is 2.22. The Balaban J connectivity index is 1.81. The van der Waals surface area contributed by atoms with Crippen molar-refractivity contribution in [3.63, 3.8) is 0 Å². The van der Waals surface area contributed by atoms with Crippen molar-refractivity contribution in [3.05, 3.63) is 79.6 Å². The lowest BCUT2D eigenvalue weighted by Crippen LogP contribution is -2.16.